The zero-order valence-corrected chi connectivity index (χ0v) is 19.4. The van der Waals surface area contributed by atoms with Crippen molar-refractivity contribution < 1.29 is 9.59 Å². The molecule has 2 aromatic rings. The molecule has 0 unspecified atom stereocenters. The Morgan fingerprint density at radius 1 is 0.969 bits per heavy atom. The number of rotatable bonds is 12. The second kappa shape index (κ2) is 12.8. The first-order chi connectivity index (χ1) is 15.3. The first-order valence-electron chi connectivity index (χ1n) is 10.6. The minimum absolute atomic E-state index is 0.00807. The van der Waals surface area contributed by atoms with Gasteiger partial charge < -0.3 is 27.0 Å². The maximum Gasteiger partial charge on any atom is 0.273 e. The van der Waals surface area contributed by atoms with E-state index in [4.69, 9.17) is 23.1 Å². The van der Waals surface area contributed by atoms with Gasteiger partial charge in [0.2, 0.25) is 5.91 Å². The van der Waals surface area contributed by atoms with Crippen molar-refractivity contribution in [3.63, 3.8) is 0 Å². The van der Waals surface area contributed by atoms with Gasteiger partial charge in [0, 0.05) is 19.6 Å². The summed E-state index contributed by atoms with van der Waals surface area (Å²) in [6.07, 6.45) is 3.36. The highest BCUT2D eigenvalue weighted by Crippen LogP contribution is 2.17. The summed E-state index contributed by atoms with van der Waals surface area (Å²) in [6.45, 7) is 4.71. The van der Waals surface area contributed by atoms with Gasteiger partial charge in [-0.1, -0.05) is 47.9 Å². The number of hydrogen-bond donors (Lipinski definition) is 4. The molecule has 0 saturated carbocycles. The molecule has 9 nitrogen and oxygen atoms in total. The lowest BCUT2D eigenvalue weighted by molar-refractivity contribution is -0.120. The van der Waals surface area contributed by atoms with Crippen LogP contribution in [-0.2, 0) is 11.2 Å². The number of aromatic nitrogens is 2. The van der Waals surface area contributed by atoms with E-state index in [1.165, 1.54) is 5.56 Å². The van der Waals surface area contributed by atoms with Crippen molar-refractivity contribution in [1.82, 2.24) is 25.5 Å². The van der Waals surface area contributed by atoms with Gasteiger partial charge in [0.05, 0.1) is 6.42 Å². The minimum atomic E-state index is -0.438. The van der Waals surface area contributed by atoms with Crippen LogP contribution in [0.2, 0.25) is 5.15 Å². The summed E-state index contributed by atoms with van der Waals surface area (Å²) in [6, 6.07) is 8.00. The van der Waals surface area contributed by atoms with Crippen LogP contribution in [0.25, 0.3) is 0 Å². The van der Waals surface area contributed by atoms with Crippen LogP contribution in [-0.4, -0.2) is 59.9 Å². The molecule has 1 aromatic heterocycles. The number of nitrogens with one attached hydrogen (secondary N) is 2. The number of amides is 2. The van der Waals surface area contributed by atoms with E-state index in [1.807, 2.05) is 38.2 Å². The Bertz CT molecular complexity index is 906. The fourth-order valence-corrected chi connectivity index (χ4v) is 3.16. The predicted molar refractivity (Wildman–Crippen MR) is 127 cm³/mol. The Balaban J connectivity index is 1.53. The van der Waals surface area contributed by atoms with Crippen molar-refractivity contribution >= 4 is 35.1 Å². The first kappa shape index (κ1) is 25.4. The number of carbonyl (C=O) groups is 2. The molecule has 0 aliphatic heterocycles. The molecule has 0 atom stereocenters. The average molecular weight is 462 g/mol. The van der Waals surface area contributed by atoms with Gasteiger partial charge in [0.25, 0.3) is 5.91 Å². The molecule has 1 heterocycles. The summed E-state index contributed by atoms with van der Waals surface area (Å²) >= 11 is 5.80. The number of hydrogen-bond acceptors (Lipinski definition) is 7. The Morgan fingerprint density at radius 2 is 1.69 bits per heavy atom. The molecule has 0 saturated heterocycles. The van der Waals surface area contributed by atoms with E-state index in [0.717, 1.165) is 31.4 Å². The lowest BCUT2D eigenvalue weighted by atomic mass is 10.1. The van der Waals surface area contributed by atoms with Gasteiger partial charge in [-0.2, -0.15) is 0 Å². The number of halogens is 1. The number of anilines is 2. The highest BCUT2D eigenvalue weighted by Gasteiger charge is 2.15. The average Bonchev–Trinajstić information content (AvgIpc) is 2.74. The summed E-state index contributed by atoms with van der Waals surface area (Å²) in [5.74, 6) is -0.448. The fourth-order valence-electron chi connectivity index (χ4n) is 3.03. The number of nitrogen functional groups attached to an aromatic ring is 2. The number of likely N-dealkylation sites (N-methyl/N-ethyl adjacent to an activating group) is 1. The van der Waals surface area contributed by atoms with Gasteiger partial charge in [-0.3, -0.25) is 9.59 Å². The van der Waals surface area contributed by atoms with Crippen LogP contribution in [0.1, 0.15) is 40.9 Å². The molecule has 2 amide bonds. The number of nitrogens with two attached hydrogens (primary N) is 2. The summed E-state index contributed by atoms with van der Waals surface area (Å²) in [5, 5.41) is 5.67. The standard InChI is InChI=1S/C22H32ClN7O2/c1-15-6-8-16(9-7-15)14-17(31)26-10-4-3-5-12-30(2)13-11-27-22(32)18-20(24)29-21(25)19(23)28-18/h6-9H,3-5,10-14H2,1-2H3,(H,26,31)(H,27,32)(H4,24,25,29). The summed E-state index contributed by atoms with van der Waals surface area (Å²) in [4.78, 5) is 34.0. The normalized spacial score (nSPS) is 10.9. The van der Waals surface area contributed by atoms with E-state index < -0.39 is 5.91 Å². The molecule has 0 aliphatic rings. The molecule has 1 aromatic carbocycles. The Hall–Kier alpha value is -2.91. The van der Waals surface area contributed by atoms with E-state index in [2.05, 4.69) is 25.5 Å². The lowest BCUT2D eigenvalue weighted by Gasteiger charge is -2.17. The smallest absolute Gasteiger partial charge is 0.273 e. The number of unbranched alkanes of at least 4 members (excludes halogenated alkanes) is 2. The van der Waals surface area contributed by atoms with Gasteiger partial charge in [-0.05, 0) is 38.9 Å². The quantitative estimate of drug-likeness (QED) is 0.353. The fraction of sp³-hybridized carbons (Fsp3) is 0.455. The monoisotopic (exact) mass is 461 g/mol. The first-order valence-corrected chi connectivity index (χ1v) is 11.0. The van der Waals surface area contributed by atoms with Crippen LogP contribution in [0.15, 0.2) is 24.3 Å². The number of nitrogens with zero attached hydrogens (tertiary/aromatic N) is 3. The van der Waals surface area contributed by atoms with Crippen LogP contribution in [0.4, 0.5) is 11.6 Å². The molecule has 174 valence electrons. The van der Waals surface area contributed by atoms with E-state index in [0.29, 0.717) is 26.1 Å². The van der Waals surface area contributed by atoms with Gasteiger partial charge in [-0.15, -0.1) is 0 Å². The van der Waals surface area contributed by atoms with Gasteiger partial charge in [0.1, 0.15) is 0 Å². The third-order valence-corrected chi connectivity index (χ3v) is 5.20. The van der Waals surface area contributed by atoms with Crippen molar-refractivity contribution in [2.45, 2.75) is 32.6 Å². The maximum absolute atomic E-state index is 12.2. The van der Waals surface area contributed by atoms with Crippen molar-refractivity contribution in [3.8, 4) is 0 Å². The number of aryl methyl sites for hydroxylation is 1. The molecular weight excluding hydrogens is 430 g/mol. The van der Waals surface area contributed by atoms with Gasteiger partial charge >= 0.3 is 0 Å². The van der Waals surface area contributed by atoms with Crippen LogP contribution >= 0.6 is 11.6 Å². The van der Waals surface area contributed by atoms with Crippen molar-refractivity contribution in [3.05, 3.63) is 46.2 Å². The Kier molecular flexibility index (Phi) is 10.2. The van der Waals surface area contributed by atoms with Crippen LogP contribution in [0, 0.1) is 6.92 Å². The summed E-state index contributed by atoms with van der Waals surface area (Å²) in [7, 11) is 1.99. The second-order valence-electron chi connectivity index (χ2n) is 7.77. The highest BCUT2D eigenvalue weighted by molar-refractivity contribution is 6.31. The molecule has 0 radical (unpaired) electrons. The third-order valence-electron chi connectivity index (χ3n) is 4.92. The van der Waals surface area contributed by atoms with Crippen molar-refractivity contribution in [1.29, 1.82) is 0 Å². The predicted octanol–water partition coefficient (Wildman–Crippen LogP) is 1.79. The lowest BCUT2D eigenvalue weighted by Crippen LogP contribution is -2.34. The van der Waals surface area contributed by atoms with E-state index in [1.54, 1.807) is 0 Å². The largest absolute Gasteiger partial charge is 0.382 e. The highest BCUT2D eigenvalue weighted by atomic mass is 35.5. The zero-order chi connectivity index (χ0) is 23.5. The third kappa shape index (κ3) is 8.68. The summed E-state index contributed by atoms with van der Waals surface area (Å²) in [5.41, 5.74) is 13.4. The topological polar surface area (TPSA) is 139 Å². The van der Waals surface area contributed by atoms with Crippen molar-refractivity contribution in [2.24, 2.45) is 0 Å². The van der Waals surface area contributed by atoms with E-state index in [-0.39, 0.29) is 28.4 Å². The molecule has 0 aliphatic carbocycles. The van der Waals surface area contributed by atoms with E-state index >= 15 is 0 Å². The second-order valence-corrected chi connectivity index (χ2v) is 8.12. The SMILES string of the molecule is Cc1ccc(CC(=O)NCCCCCN(C)CCNC(=O)c2nc(Cl)c(N)nc2N)cc1. The van der Waals surface area contributed by atoms with E-state index in [9.17, 15) is 9.59 Å². The Labute approximate surface area is 193 Å². The van der Waals surface area contributed by atoms with Crippen LogP contribution in [0.3, 0.4) is 0 Å². The zero-order valence-electron chi connectivity index (χ0n) is 18.7. The van der Waals surface area contributed by atoms with Gasteiger partial charge in [-0.25, -0.2) is 9.97 Å². The molecule has 0 fully saturated rings. The molecule has 32 heavy (non-hydrogen) atoms. The number of benzene rings is 1. The maximum atomic E-state index is 12.2. The molecule has 6 N–H and O–H groups in total. The molecule has 0 spiro atoms. The van der Waals surface area contributed by atoms with Gasteiger partial charge in [0.15, 0.2) is 22.5 Å². The number of carbonyl (C=O) groups excluding carboxylic acids is 2. The molecule has 2 rings (SSSR count). The molecular formula is C22H32ClN7O2. The minimum Gasteiger partial charge on any atom is -0.382 e. The molecule has 10 heteroatoms. The summed E-state index contributed by atoms with van der Waals surface area (Å²) < 4.78 is 0. The molecule has 0 bridgehead atoms. The Morgan fingerprint density at radius 3 is 2.41 bits per heavy atom. The van der Waals surface area contributed by atoms with Crippen LogP contribution in [0.5, 0.6) is 0 Å². The van der Waals surface area contributed by atoms with Crippen LogP contribution < -0.4 is 22.1 Å². The van der Waals surface area contributed by atoms with Crippen molar-refractivity contribution in [2.75, 3.05) is 44.7 Å².